The highest BCUT2D eigenvalue weighted by molar-refractivity contribution is 7.94. The Morgan fingerprint density at radius 3 is 2.42 bits per heavy atom. The van der Waals surface area contributed by atoms with Crippen molar-refractivity contribution in [1.82, 2.24) is 19.8 Å². The summed E-state index contributed by atoms with van der Waals surface area (Å²) >= 11 is 0. The zero-order valence-corrected chi connectivity index (χ0v) is 22.2. The highest BCUT2D eigenvalue weighted by Crippen LogP contribution is 2.51. The monoisotopic (exact) mass is 531 g/mol. The van der Waals surface area contributed by atoms with Crippen molar-refractivity contribution < 1.29 is 18.0 Å². The minimum Gasteiger partial charge on any atom is -0.345 e. The van der Waals surface area contributed by atoms with E-state index in [2.05, 4.69) is 16.4 Å². The molecule has 0 atom stereocenters. The topological polar surface area (TPSA) is 125 Å². The third-order valence-corrected chi connectivity index (χ3v) is 10.9. The van der Waals surface area contributed by atoms with Gasteiger partial charge in [-0.15, -0.1) is 0 Å². The van der Waals surface area contributed by atoms with Gasteiger partial charge in [-0.25, -0.2) is 13.4 Å². The van der Waals surface area contributed by atoms with Crippen molar-refractivity contribution in [3.63, 3.8) is 0 Å². The van der Waals surface area contributed by atoms with Gasteiger partial charge in [0, 0.05) is 26.2 Å². The van der Waals surface area contributed by atoms with E-state index in [9.17, 15) is 18.0 Å². The van der Waals surface area contributed by atoms with Gasteiger partial charge < -0.3 is 14.8 Å². The van der Waals surface area contributed by atoms with E-state index in [4.69, 9.17) is 5.26 Å². The Balaban J connectivity index is 1.29. The van der Waals surface area contributed by atoms with Crippen molar-refractivity contribution in [1.29, 1.82) is 5.26 Å². The van der Waals surface area contributed by atoms with Crippen molar-refractivity contribution >= 4 is 21.7 Å². The van der Waals surface area contributed by atoms with Gasteiger partial charge in [-0.1, -0.05) is 42.5 Å². The predicted molar refractivity (Wildman–Crippen MR) is 141 cm³/mol. The lowest BCUT2D eigenvalue weighted by Crippen LogP contribution is -2.50. The average molecular weight is 532 g/mol. The molecule has 0 spiro atoms. The first-order valence-corrected chi connectivity index (χ1v) is 14.0. The van der Waals surface area contributed by atoms with Crippen molar-refractivity contribution in [2.24, 2.45) is 0 Å². The Bertz CT molecular complexity index is 1530. The molecule has 3 aromatic rings. The maximum Gasteiger partial charge on any atom is 0.287 e. The molecule has 5 rings (SSSR count). The van der Waals surface area contributed by atoms with Crippen LogP contribution in [0.25, 0.3) is 0 Å². The standard InChI is InChI=1S/C28H29N5O4S/c1-27(2,22-6-4-3-5-7-22)38(36,37)28(12-13-28)19-32-14-15-33-23(26(32)35)18-30-24(33)25(34)31-17-21-10-8-20(16-29)9-11-21/h3-11,18H,12-15,17,19H2,1-2H3,(H,31,34). The Labute approximate surface area is 222 Å². The molecule has 1 N–H and O–H groups in total. The molecule has 196 valence electrons. The summed E-state index contributed by atoms with van der Waals surface area (Å²) in [6.45, 7) is 4.47. The summed E-state index contributed by atoms with van der Waals surface area (Å²) in [5.74, 6) is -0.595. The van der Waals surface area contributed by atoms with Crippen LogP contribution in [0.4, 0.5) is 0 Å². The number of sulfone groups is 1. The number of fused-ring (bicyclic) bond motifs is 1. The summed E-state index contributed by atoms with van der Waals surface area (Å²) in [6, 6.07) is 18.1. The van der Waals surface area contributed by atoms with Gasteiger partial charge >= 0.3 is 0 Å². The van der Waals surface area contributed by atoms with Crippen LogP contribution in [-0.4, -0.2) is 52.5 Å². The molecular weight excluding hydrogens is 502 g/mol. The molecule has 2 amide bonds. The number of aromatic nitrogens is 2. The van der Waals surface area contributed by atoms with Gasteiger partial charge in [0.1, 0.15) is 5.69 Å². The van der Waals surface area contributed by atoms with Crippen LogP contribution in [0.5, 0.6) is 0 Å². The van der Waals surface area contributed by atoms with E-state index in [1.807, 2.05) is 30.3 Å². The van der Waals surface area contributed by atoms with Crippen LogP contribution in [0.1, 0.15) is 64.5 Å². The highest BCUT2D eigenvalue weighted by Gasteiger charge is 2.61. The first-order chi connectivity index (χ1) is 18.1. The number of imidazole rings is 1. The first kappa shape index (κ1) is 25.7. The van der Waals surface area contributed by atoms with Crippen molar-refractivity contribution in [3.05, 3.63) is 89.0 Å². The van der Waals surface area contributed by atoms with Crippen LogP contribution in [0, 0.1) is 11.3 Å². The quantitative estimate of drug-likeness (QED) is 0.476. The van der Waals surface area contributed by atoms with E-state index >= 15 is 0 Å². The second-order valence-corrected chi connectivity index (χ2v) is 13.3. The smallest absolute Gasteiger partial charge is 0.287 e. The average Bonchev–Trinajstić information content (AvgIpc) is 3.59. The maximum atomic E-state index is 13.9. The fourth-order valence-corrected chi connectivity index (χ4v) is 7.58. The predicted octanol–water partition coefficient (Wildman–Crippen LogP) is 3.02. The number of hydrogen-bond acceptors (Lipinski definition) is 6. The van der Waals surface area contributed by atoms with Crippen molar-refractivity contribution in [2.75, 3.05) is 13.1 Å². The van der Waals surface area contributed by atoms with Gasteiger partial charge in [0.2, 0.25) is 0 Å². The molecule has 1 saturated carbocycles. The van der Waals surface area contributed by atoms with E-state index in [0.29, 0.717) is 31.5 Å². The maximum absolute atomic E-state index is 13.9. The summed E-state index contributed by atoms with van der Waals surface area (Å²) in [5, 5.41) is 11.7. The number of hydrogen-bond donors (Lipinski definition) is 1. The van der Waals surface area contributed by atoms with Gasteiger partial charge in [-0.2, -0.15) is 5.26 Å². The Morgan fingerprint density at radius 2 is 1.79 bits per heavy atom. The van der Waals surface area contributed by atoms with Crippen molar-refractivity contribution in [2.45, 2.75) is 49.3 Å². The zero-order chi connectivity index (χ0) is 27.1. The summed E-state index contributed by atoms with van der Waals surface area (Å²) in [4.78, 5) is 32.0. The molecular formula is C28H29N5O4S. The van der Waals surface area contributed by atoms with E-state index < -0.39 is 25.2 Å². The normalized spacial score (nSPS) is 16.4. The Kier molecular flexibility index (Phi) is 6.35. The molecule has 0 saturated heterocycles. The fourth-order valence-electron chi connectivity index (χ4n) is 5.08. The molecule has 2 aliphatic rings. The van der Waals surface area contributed by atoms with Crippen LogP contribution in [0.2, 0.25) is 0 Å². The van der Waals surface area contributed by atoms with E-state index in [1.54, 1.807) is 47.6 Å². The SMILES string of the molecule is CC(C)(c1ccccc1)S(=O)(=O)C1(CN2CCn3c(cnc3C(=O)NCc3ccc(C#N)cc3)C2=O)CC1. The van der Waals surface area contributed by atoms with E-state index in [0.717, 1.165) is 11.1 Å². The second-order valence-electron chi connectivity index (χ2n) is 10.4. The summed E-state index contributed by atoms with van der Waals surface area (Å²) in [7, 11) is -3.62. The number of nitrogens with zero attached hydrogens (tertiary/aromatic N) is 4. The summed E-state index contributed by atoms with van der Waals surface area (Å²) in [5.41, 5.74) is 2.37. The molecule has 9 nitrogen and oxygen atoms in total. The molecule has 1 aliphatic heterocycles. The molecule has 0 unspecified atom stereocenters. The minimum atomic E-state index is -3.62. The molecule has 10 heteroatoms. The second kappa shape index (κ2) is 9.40. The lowest BCUT2D eigenvalue weighted by Gasteiger charge is -2.35. The Morgan fingerprint density at radius 1 is 1.11 bits per heavy atom. The molecule has 38 heavy (non-hydrogen) atoms. The summed E-state index contributed by atoms with van der Waals surface area (Å²) < 4.78 is 27.2. The van der Waals surface area contributed by atoms with Crippen molar-refractivity contribution in [3.8, 4) is 6.07 Å². The van der Waals surface area contributed by atoms with Gasteiger partial charge in [0.15, 0.2) is 15.7 Å². The van der Waals surface area contributed by atoms with Crippen LogP contribution < -0.4 is 5.32 Å². The minimum absolute atomic E-state index is 0.121. The number of carbonyl (C=O) groups is 2. The lowest BCUT2D eigenvalue weighted by atomic mass is 10.0. The van der Waals surface area contributed by atoms with Crippen LogP contribution in [0.15, 0.2) is 60.8 Å². The number of nitriles is 1. The number of carbonyl (C=O) groups excluding carboxylic acids is 2. The van der Waals surface area contributed by atoms with Crippen LogP contribution in [-0.2, 0) is 27.7 Å². The van der Waals surface area contributed by atoms with E-state index in [-0.39, 0.29) is 30.5 Å². The van der Waals surface area contributed by atoms with Crippen LogP contribution >= 0.6 is 0 Å². The fraction of sp³-hybridized carbons (Fsp3) is 0.357. The Hall–Kier alpha value is -3.97. The molecule has 2 heterocycles. The summed E-state index contributed by atoms with van der Waals surface area (Å²) in [6.07, 6.45) is 2.41. The van der Waals surface area contributed by atoms with E-state index in [1.165, 1.54) is 6.20 Å². The van der Waals surface area contributed by atoms with Gasteiger partial charge in [-0.05, 0) is 49.9 Å². The largest absolute Gasteiger partial charge is 0.345 e. The number of rotatable bonds is 8. The van der Waals surface area contributed by atoms with Gasteiger partial charge in [-0.3, -0.25) is 9.59 Å². The third-order valence-electron chi connectivity index (χ3n) is 7.69. The van der Waals surface area contributed by atoms with Crippen LogP contribution in [0.3, 0.4) is 0 Å². The molecule has 1 aliphatic carbocycles. The zero-order valence-electron chi connectivity index (χ0n) is 21.3. The number of nitrogens with one attached hydrogen (secondary N) is 1. The van der Waals surface area contributed by atoms with Gasteiger partial charge in [0.25, 0.3) is 11.8 Å². The molecule has 0 radical (unpaired) electrons. The van der Waals surface area contributed by atoms with Gasteiger partial charge in [0.05, 0.1) is 27.3 Å². The molecule has 2 aromatic carbocycles. The molecule has 0 bridgehead atoms. The molecule has 1 aromatic heterocycles. The molecule has 1 fully saturated rings. The third kappa shape index (κ3) is 4.27. The lowest BCUT2D eigenvalue weighted by molar-refractivity contribution is 0.0698. The highest BCUT2D eigenvalue weighted by atomic mass is 32.2. The first-order valence-electron chi connectivity index (χ1n) is 12.5. The number of amides is 2. The number of benzene rings is 2.